The van der Waals surface area contributed by atoms with Crippen molar-refractivity contribution in [1.29, 1.82) is 0 Å². The molecule has 1 N–H and O–H groups in total. The van der Waals surface area contributed by atoms with E-state index in [0.29, 0.717) is 0 Å². The number of unbranched alkanes of at least 4 members (excludes halogenated alkanes) is 13. The zero-order valence-electron chi connectivity index (χ0n) is 19.3. The number of rotatable bonds is 18. The number of hydrogen-bond donors (Lipinski definition) is 0. The summed E-state index contributed by atoms with van der Waals surface area (Å²) >= 11 is 0. The maximum Gasteiger partial charge on any atom is 0.132 e. The second-order valence-electron chi connectivity index (χ2n) is 8.43. The largest absolute Gasteiger partial charge is 0.870 e. The Bertz CT molecular complexity index is 427. The second-order valence-corrected chi connectivity index (χ2v) is 8.43. The van der Waals surface area contributed by atoms with E-state index < -0.39 is 0 Å². The minimum atomic E-state index is 0. The number of hydrogen-bond acceptors (Lipinski definition) is 1. The molecule has 0 aliphatic carbocycles. The number of nitrogens with zero attached hydrogens (tertiary/aromatic N) is 1. The van der Waals surface area contributed by atoms with E-state index in [4.69, 9.17) is 0 Å². The minimum Gasteiger partial charge on any atom is -0.870 e. The molecule has 0 aliphatic rings. The molecule has 2 nitrogen and oxygen atoms in total. The van der Waals surface area contributed by atoms with Gasteiger partial charge in [0.05, 0.1) is 19.6 Å². The van der Waals surface area contributed by atoms with Crippen LogP contribution in [0.4, 0.5) is 5.69 Å². The summed E-state index contributed by atoms with van der Waals surface area (Å²) in [7, 11) is 0. The Balaban J connectivity index is 0.00000729. The van der Waals surface area contributed by atoms with E-state index in [9.17, 15) is 0 Å². The molecule has 0 radical (unpaired) electrons. The Labute approximate surface area is 176 Å². The van der Waals surface area contributed by atoms with Crippen molar-refractivity contribution < 1.29 is 5.48 Å². The molecule has 1 rings (SSSR count). The van der Waals surface area contributed by atoms with Gasteiger partial charge >= 0.3 is 0 Å². The molecular weight excluding hydrogens is 342 g/mol. The maximum atomic E-state index is 2.35. The highest BCUT2D eigenvalue weighted by Gasteiger charge is 2.25. The normalized spacial score (nSPS) is 11.4. The summed E-state index contributed by atoms with van der Waals surface area (Å²) in [5.41, 5.74) is 1.50. The van der Waals surface area contributed by atoms with Gasteiger partial charge in [-0.05, 0) is 38.8 Å². The van der Waals surface area contributed by atoms with Gasteiger partial charge in [0, 0.05) is 0 Å². The third kappa shape index (κ3) is 11.2. The van der Waals surface area contributed by atoms with E-state index in [1.165, 1.54) is 115 Å². The van der Waals surface area contributed by atoms with Crippen molar-refractivity contribution in [2.24, 2.45) is 0 Å². The Morgan fingerprint density at radius 2 is 0.929 bits per heavy atom. The van der Waals surface area contributed by atoms with Gasteiger partial charge in [-0.2, -0.15) is 0 Å². The lowest BCUT2D eigenvalue weighted by Gasteiger charge is -2.36. The van der Waals surface area contributed by atoms with Crippen LogP contribution in [0, 0.1) is 0 Å². The molecule has 0 bridgehead atoms. The highest BCUT2D eigenvalue weighted by Crippen LogP contribution is 2.24. The van der Waals surface area contributed by atoms with Crippen molar-refractivity contribution in [3.63, 3.8) is 0 Å². The molecule has 0 saturated carbocycles. The summed E-state index contributed by atoms with van der Waals surface area (Å²) in [5, 5.41) is 0. The zero-order chi connectivity index (χ0) is 19.6. The van der Waals surface area contributed by atoms with Crippen molar-refractivity contribution in [3.8, 4) is 0 Å². The first-order chi connectivity index (χ1) is 13.3. The summed E-state index contributed by atoms with van der Waals surface area (Å²) in [4.78, 5) is 0. The molecular formula is C26H49NO. The van der Waals surface area contributed by atoms with Gasteiger partial charge in [-0.3, -0.25) is 4.48 Å². The number of benzene rings is 1. The Morgan fingerprint density at radius 3 is 1.32 bits per heavy atom. The topological polar surface area (TPSA) is 30.0 Å². The molecule has 0 saturated heterocycles. The first-order valence-corrected chi connectivity index (χ1v) is 12.2. The molecule has 0 aromatic heterocycles. The molecule has 0 spiro atoms. The van der Waals surface area contributed by atoms with Crippen LogP contribution < -0.4 is 4.48 Å². The highest BCUT2D eigenvalue weighted by molar-refractivity contribution is 5.42. The van der Waals surface area contributed by atoms with Crippen LogP contribution in [0.15, 0.2) is 30.3 Å². The van der Waals surface area contributed by atoms with Crippen molar-refractivity contribution in [1.82, 2.24) is 4.48 Å². The first-order valence-electron chi connectivity index (χ1n) is 12.2. The lowest BCUT2D eigenvalue weighted by Crippen LogP contribution is -2.49. The van der Waals surface area contributed by atoms with Crippen molar-refractivity contribution in [3.05, 3.63) is 30.3 Å². The van der Waals surface area contributed by atoms with Gasteiger partial charge in [-0.25, -0.2) is 0 Å². The van der Waals surface area contributed by atoms with E-state index in [1.807, 2.05) is 0 Å². The van der Waals surface area contributed by atoms with Crippen LogP contribution in [0.25, 0.3) is 0 Å². The molecule has 28 heavy (non-hydrogen) atoms. The van der Waals surface area contributed by atoms with E-state index in [1.54, 1.807) is 0 Å². The fraction of sp³-hybridized carbons (Fsp3) is 0.769. The molecule has 0 atom stereocenters. The van der Waals surface area contributed by atoms with Gasteiger partial charge in [0.2, 0.25) is 0 Å². The van der Waals surface area contributed by atoms with E-state index in [0.717, 1.165) is 4.48 Å². The highest BCUT2D eigenvalue weighted by atomic mass is 16.0. The third-order valence-corrected chi connectivity index (χ3v) is 6.45. The zero-order valence-corrected chi connectivity index (χ0v) is 19.3. The van der Waals surface area contributed by atoms with Crippen LogP contribution in [-0.2, 0) is 0 Å². The predicted octanol–water partition coefficient (Wildman–Crippen LogP) is 8.34. The van der Waals surface area contributed by atoms with E-state index >= 15 is 0 Å². The Kier molecular flexibility index (Phi) is 17.6. The van der Waals surface area contributed by atoms with Crippen LogP contribution in [0.1, 0.15) is 111 Å². The van der Waals surface area contributed by atoms with Crippen LogP contribution in [0.3, 0.4) is 0 Å². The summed E-state index contributed by atoms with van der Waals surface area (Å²) in [5.74, 6) is 0. The molecule has 1 aromatic rings. The first kappa shape index (κ1) is 27.1. The maximum absolute atomic E-state index is 2.35. The molecule has 0 unspecified atom stereocenters. The molecule has 0 fully saturated rings. The average molecular weight is 392 g/mol. The van der Waals surface area contributed by atoms with Gasteiger partial charge in [-0.15, -0.1) is 0 Å². The van der Waals surface area contributed by atoms with E-state index in [2.05, 4.69) is 51.1 Å². The summed E-state index contributed by atoms with van der Waals surface area (Å²) < 4.78 is 1.15. The summed E-state index contributed by atoms with van der Waals surface area (Å²) in [6.45, 7) is 10.7. The molecule has 0 aliphatic heterocycles. The quantitative estimate of drug-likeness (QED) is 0.183. The van der Waals surface area contributed by atoms with Gasteiger partial charge in [0.1, 0.15) is 5.69 Å². The Hall–Kier alpha value is -0.860. The minimum absolute atomic E-state index is 0. The standard InChI is InChI=1S/C26H48N.H2O/c1-4-7-8-9-10-11-12-13-14-15-16-17-18-22-25-27(5-2,6-3)26-23-20-19-21-24-26;/h19-21,23-24H,4-18,22,25H2,1-3H3;1H2/q+1;/p-1. The van der Waals surface area contributed by atoms with Crippen molar-refractivity contribution in [2.45, 2.75) is 111 Å². The van der Waals surface area contributed by atoms with Crippen LogP contribution in [0.2, 0.25) is 0 Å². The molecule has 0 amide bonds. The van der Waals surface area contributed by atoms with Crippen LogP contribution in [0.5, 0.6) is 0 Å². The summed E-state index contributed by atoms with van der Waals surface area (Å²) in [6.07, 6.45) is 20.2. The summed E-state index contributed by atoms with van der Waals surface area (Å²) in [6, 6.07) is 11.2. The molecule has 0 heterocycles. The fourth-order valence-corrected chi connectivity index (χ4v) is 4.39. The SMILES string of the molecule is CCCCCCCCCCCCCCCC[N+](CC)(CC)c1ccccc1.[OH-]. The lowest BCUT2D eigenvalue weighted by molar-refractivity contribution is 0.291. The van der Waals surface area contributed by atoms with Gasteiger partial charge < -0.3 is 5.48 Å². The third-order valence-electron chi connectivity index (χ3n) is 6.45. The fourth-order valence-electron chi connectivity index (χ4n) is 4.39. The van der Waals surface area contributed by atoms with Crippen molar-refractivity contribution in [2.75, 3.05) is 19.6 Å². The van der Waals surface area contributed by atoms with Gasteiger partial charge in [0.15, 0.2) is 0 Å². The predicted molar refractivity (Wildman–Crippen MR) is 126 cm³/mol. The van der Waals surface area contributed by atoms with E-state index in [-0.39, 0.29) is 5.48 Å². The molecule has 1 aromatic carbocycles. The van der Waals surface area contributed by atoms with Crippen molar-refractivity contribution >= 4 is 5.69 Å². The molecule has 2 heteroatoms. The smallest absolute Gasteiger partial charge is 0.132 e. The second kappa shape index (κ2) is 18.2. The monoisotopic (exact) mass is 391 g/mol. The van der Waals surface area contributed by atoms with Crippen LogP contribution in [-0.4, -0.2) is 25.1 Å². The van der Waals surface area contributed by atoms with Gasteiger partial charge in [0.25, 0.3) is 0 Å². The lowest BCUT2D eigenvalue weighted by atomic mass is 10.0. The molecule has 164 valence electrons. The Morgan fingerprint density at radius 1 is 0.536 bits per heavy atom. The van der Waals surface area contributed by atoms with Crippen LogP contribution >= 0.6 is 0 Å². The number of para-hydroxylation sites is 1. The average Bonchev–Trinajstić information content (AvgIpc) is 2.72. The van der Waals surface area contributed by atoms with Gasteiger partial charge in [-0.1, -0.05) is 102 Å². The number of quaternary nitrogens is 1.